The van der Waals surface area contributed by atoms with Crippen LogP contribution in [0.3, 0.4) is 0 Å². The Hall–Kier alpha value is -1.84. The Balaban J connectivity index is 1.87. The van der Waals surface area contributed by atoms with Crippen LogP contribution in [0.4, 0.5) is 0 Å². The molecule has 1 aliphatic carbocycles. The molecule has 0 spiro atoms. The molecule has 3 rings (SSSR count). The molecule has 0 saturated heterocycles. The number of allylic oxidation sites excluding steroid dienone is 1. The molecule has 21 heavy (non-hydrogen) atoms. The monoisotopic (exact) mass is 285 g/mol. The third-order valence-corrected chi connectivity index (χ3v) is 4.41. The highest BCUT2D eigenvalue weighted by atomic mass is 16.5. The van der Waals surface area contributed by atoms with Crippen LogP contribution in [0, 0.1) is 5.92 Å². The Morgan fingerprint density at radius 2 is 2.33 bits per heavy atom. The van der Waals surface area contributed by atoms with E-state index in [0.717, 1.165) is 24.2 Å². The zero-order valence-electron chi connectivity index (χ0n) is 12.8. The SMILES string of the molecule is C=CCC(CC)C(C)Oc1cc2nncn2cc1C1CC1. The number of fused-ring (bicyclic) bond motifs is 1. The van der Waals surface area contributed by atoms with Gasteiger partial charge in [0.25, 0.3) is 0 Å². The second-order valence-electron chi connectivity index (χ2n) is 5.98. The van der Waals surface area contributed by atoms with E-state index in [9.17, 15) is 0 Å². The van der Waals surface area contributed by atoms with E-state index in [1.807, 2.05) is 16.5 Å². The molecule has 0 amide bonds. The van der Waals surface area contributed by atoms with E-state index in [1.54, 1.807) is 6.33 Å². The molecule has 0 radical (unpaired) electrons. The fraction of sp³-hybridized carbons (Fsp3) is 0.529. The number of hydrogen-bond acceptors (Lipinski definition) is 3. The predicted molar refractivity (Wildman–Crippen MR) is 83.6 cm³/mol. The Morgan fingerprint density at radius 1 is 1.52 bits per heavy atom. The predicted octanol–water partition coefficient (Wildman–Crippen LogP) is 3.98. The van der Waals surface area contributed by atoms with Crippen LogP contribution < -0.4 is 4.74 Å². The van der Waals surface area contributed by atoms with Gasteiger partial charge in [0.1, 0.15) is 12.1 Å². The number of pyridine rings is 1. The molecule has 2 unspecified atom stereocenters. The van der Waals surface area contributed by atoms with Crippen LogP contribution >= 0.6 is 0 Å². The first kappa shape index (κ1) is 14.1. The fourth-order valence-corrected chi connectivity index (χ4v) is 2.87. The van der Waals surface area contributed by atoms with Gasteiger partial charge in [-0.15, -0.1) is 16.8 Å². The summed E-state index contributed by atoms with van der Waals surface area (Å²) in [5.41, 5.74) is 2.14. The lowest BCUT2D eigenvalue weighted by Gasteiger charge is -2.24. The molecule has 4 heteroatoms. The van der Waals surface area contributed by atoms with Crippen molar-refractivity contribution in [3.63, 3.8) is 0 Å². The second kappa shape index (κ2) is 5.88. The lowest BCUT2D eigenvalue weighted by Crippen LogP contribution is -2.23. The van der Waals surface area contributed by atoms with Crippen LogP contribution in [0.1, 0.15) is 51.0 Å². The van der Waals surface area contributed by atoms with Crippen LogP contribution in [-0.4, -0.2) is 20.7 Å². The molecule has 112 valence electrons. The maximum absolute atomic E-state index is 6.30. The van der Waals surface area contributed by atoms with Crippen molar-refractivity contribution in [2.24, 2.45) is 5.92 Å². The minimum atomic E-state index is 0.177. The highest BCUT2D eigenvalue weighted by Gasteiger charge is 2.29. The van der Waals surface area contributed by atoms with Crippen LogP contribution in [0.25, 0.3) is 5.65 Å². The summed E-state index contributed by atoms with van der Waals surface area (Å²) in [5.74, 6) is 2.12. The summed E-state index contributed by atoms with van der Waals surface area (Å²) >= 11 is 0. The van der Waals surface area contributed by atoms with Crippen molar-refractivity contribution in [2.45, 2.75) is 51.6 Å². The standard InChI is InChI=1S/C17H23N3O/c1-4-6-13(5-2)12(3)21-16-9-17-19-18-11-20(17)10-15(16)14-7-8-14/h4,9-14H,1,5-8H2,2-3H3. The topological polar surface area (TPSA) is 39.4 Å². The molecule has 2 atom stereocenters. The molecular formula is C17H23N3O. The van der Waals surface area contributed by atoms with Gasteiger partial charge >= 0.3 is 0 Å². The molecule has 2 heterocycles. The van der Waals surface area contributed by atoms with E-state index in [2.05, 4.69) is 36.8 Å². The van der Waals surface area contributed by atoms with E-state index >= 15 is 0 Å². The fourth-order valence-electron chi connectivity index (χ4n) is 2.87. The van der Waals surface area contributed by atoms with E-state index in [-0.39, 0.29) is 6.10 Å². The summed E-state index contributed by atoms with van der Waals surface area (Å²) in [6.45, 7) is 8.21. The summed E-state index contributed by atoms with van der Waals surface area (Å²) < 4.78 is 8.28. The van der Waals surface area contributed by atoms with Gasteiger partial charge in [-0.3, -0.25) is 4.40 Å². The highest BCUT2D eigenvalue weighted by Crippen LogP contribution is 2.44. The molecule has 0 aromatic carbocycles. The van der Waals surface area contributed by atoms with Gasteiger partial charge in [-0.25, -0.2) is 0 Å². The van der Waals surface area contributed by atoms with Gasteiger partial charge in [-0.05, 0) is 44.4 Å². The van der Waals surface area contributed by atoms with Crippen molar-refractivity contribution in [3.8, 4) is 5.75 Å². The summed E-state index contributed by atoms with van der Waals surface area (Å²) in [6.07, 6.45) is 10.6. The summed E-state index contributed by atoms with van der Waals surface area (Å²) in [6, 6.07) is 2.03. The Morgan fingerprint density at radius 3 is 3.00 bits per heavy atom. The first-order valence-corrected chi connectivity index (χ1v) is 7.83. The largest absolute Gasteiger partial charge is 0.490 e. The Kier molecular flexibility index (Phi) is 3.95. The number of ether oxygens (including phenoxy) is 1. The molecule has 0 bridgehead atoms. The van der Waals surface area contributed by atoms with Crippen LogP contribution in [-0.2, 0) is 0 Å². The van der Waals surface area contributed by atoms with Gasteiger partial charge in [-0.1, -0.05) is 13.0 Å². The zero-order chi connectivity index (χ0) is 14.8. The van der Waals surface area contributed by atoms with E-state index in [0.29, 0.717) is 11.8 Å². The van der Waals surface area contributed by atoms with Gasteiger partial charge in [0.05, 0.1) is 6.10 Å². The maximum Gasteiger partial charge on any atom is 0.164 e. The normalized spacial score (nSPS) is 17.6. The molecule has 1 fully saturated rings. The lowest BCUT2D eigenvalue weighted by atomic mass is 9.96. The molecule has 2 aromatic rings. The van der Waals surface area contributed by atoms with Crippen molar-refractivity contribution in [2.75, 3.05) is 0 Å². The van der Waals surface area contributed by atoms with Crippen molar-refractivity contribution in [3.05, 3.63) is 36.8 Å². The van der Waals surface area contributed by atoms with Crippen molar-refractivity contribution in [1.82, 2.24) is 14.6 Å². The van der Waals surface area contributed by atoms with Gasteiger partial charge in [0.2, 0.25) is 0 Å². The third-order valence-electron chi connectivity index (χ3n) is 4.41. The summed E-state index contributed by atoms with van der Waals surface area (Å²) in [7, 11) is 0. The number of aromatic nitrogens is 3. The number of nitrogens with zero attached hydrogens (tertiary/aromatic N) is 3. The van der Waals surface area contributed by atoms with E-state index < -0.39 is 0 Å². The third kappa shape index (κ3) is 2.94. The molecule has 0 aliphatic heterocycles. The first-order chi connectivity index (χ1) is 10.2. The minimum Gasteiger partial charge on any atom is -0.490 e. The molecule has 4 nitrogen and oxygen atoms in total. The Bertz CT molecular complexity index is 630. The molecule has 0 N–H and O–H groups in total. The minimum absolute atomic E-state index is 0.177. The van der Waals surface area contributed by atoms with Crippen LogP contribution in [0.15, 0.2) is 31.2 Å². The second-order valence-corrected chi connectivity index (χ2v) is 5.98. The smallest absolute Gasteiger partial charge is 0.164 e. The average molecular weight is 285 g/mol. The average Bonchev–Trinajstić information content (AvgIpc) is 3.22. The van der Waals surface area contributed by atoms with Crippen molar-refractivity contribution in [1.29, 1.82) is 0 Å². The Labute approximate surface area is 125 Å². The lowest BCUT2D eigenvalue weighted by molar-refractivity contribution is 0.148. The first-order valence-electron chi connectivity index (χ1n) is 7.83. The molecule has 1 aliphatic rings. The van der Waals surface area contributed by atoms with Gasteiger partial charge in [0, 0.05) is 17.8 Å². The zero-order valence-corrected chi connectivity index (χ0v) is 12.8. The van der Waals surface area contributed by atoms with Crippen molar-refractivity contribution < 1.29 is 4.74 Å². The molecule has 1 saturated carbocycles. The van der Waals surface area contributed by atoms with E-state index in [1.165, 1.54) is 18.4 Å². The van der Waals surface area contributed by atoms with Crippen LogP contribution in [0.2, 0.25) is 0 Å². The quantitative estimate of drug-likeness (QED) is 0.722. The van der Waals surface area contributed by atoms with Gasteiger partial charge < -0.3 is 4.74 Å². The van der Waals surface area contributed by atoms with E-state index in [4.69, 9.17) is 4.74 Å². The van der Waals surface area contributed by atoms with Gasteiger partial charge in [-0.2, -0.15) is 0 Å². The maximum atomic E-state index is 6.30. The number of hydrogen-bond donors (Lipinski definition) is 0. The molecular weight excluding hydrogens is 262 g/mol. The van der Waals surface area contributed by atoms with Crippen molar-refractivity contribution >= 4 is 5.65 Å². The van der Waals surface area contributed by atoms with Crippen LogP contribution in [0.5, 0.6) is 5.75 Å². The summed E-state index contributed by atoms with van der Waals surface area (Å²) in [4.78, 5) is 0. The number of rotatable bonds is 7. The highest BCUT2D eigenvalue weighted by molar-refractivity contribution is 5.49. The molecule has 2 aromatic heterocycles. The summed E-state index contributed by atoms with van der Waals surface area (Å²) in [5, 5.41) is 8.09. The van der Waals surface area contributed by atoms with Gasteiger partial charge in [0.15, 0.2) is 5.65 Å².